The number of aryl methyl sites for hydroxylation is 1. The Morgan fingerprint density at radius 2 is 1.83 bits per heavy atom. The Balaban J connectivity index is 1.28. The summed E-state index contributed by atoms with van der Waals surface area (Å²) >= 11 is 6.63. The van der Waals surface area contributed by atoms with Crippen LogP contribution >= 0.6 is 11.6 Å². The van der Waals surface area contributed by atoms with Gasteiger partial charge in [0.05, 0.1) is 19.3 Å². The van der Waals surface area contributed by atoms with Gasteiger partial charge >= 0.3 is 0 Å². The average molecular weight is 508 g/mol. The van der Waals surface area contributed by atoms with E-state index in [2.05, 4.69) is 61.9 Å². The summed E-state index contributed by atoms with van der Waals surface area (Å²) in [5, 5.41) is 0.463. The van der Waals surface area contributed by atoms with Crippen LogP contribution in [0.25, 0.3) is 0 Å². The molecule has 0 spiro atoms. The fourth-order valence-electron chi connectivity index (χ4n) is 5.48. The van der Waals surface area contributed by atoms with E-state index >= 15 is 0 Å². The van der Waals surface area contributed by atoms with Crippen molar-refractivity contribution in [1.82, 2.24) is 19.9 Å². The lowest BCUT2D eigenvalue weighted by molar-refractivity contribution is 0.249. The zero-order valence-electron chi connectivity index (χ0n) is 21.2. The molecule has 1 atom stereocenters. The number of piperazine rings is 1. The quantitative estimate of drug-likeness (QED) is 0.479. The number of hydrogen-bond acceptors (Lipinski definition) is 8. The minimum atomic E-state index is 0.201. The fourth-order valence-corrected chi connectivity index (χ4v) is 5.80. The molecule has 0 radical (unpaired) electrons. The van der Waals surface area contributed by atoms with Crippen molar-refractivity contribution in [3.8, 4) is 5.75 Å². The van der Waals surface area contributed by atoms with E-state index in [0.717, 1.165) is 79.6 Å². The minimum absolute atomic E-state index is 0.201. The summed E-state index contributed by atoms with van der Waals surface area (Å²) in [4.78, 5) is 20.8. The van der Waals surface area contributed by atoms with Crippen LogP contribution < -0.4 is 20.3 Å². The summed E-state index contributed by atoms with van der Waals surface area (Å²) in [6, 6.07) is 10.7. The molecule has 9 heteroatoms. The van der Waals surface area contributed by atoms with Crippen LogP contribution in [0.2, 0.25) is 5.15 Å². The molecule has 5 rings (SSSR count). The summed E-state index contributed by atoms with van der Waals surface area (Å²) in [5.74, 6) is 2.15. The molecule has 4 heterocycles. The lowest BCUT2D eigenvalue weighted by Crippen LogP contribution is -2.46. The van der Waals surface area contributed by atoms with E-state index in [0.29, 0.717) is 11.7 Å². The van der Waals surface area contributed by atoms with Gasteiger partial charge in [-0.15, -0.1) is 0 Å². The van der Waals surface area contributed by atoms with Crippen LogP contribution in [0.15, 0.2) is 36.5 Å². The van der Waals surface area contributed by atoms with Crippen LogP contribution in [0.3, 0.4) is 0 Å². The number of aromatic nitrogens is 3. The number of nitrogen functional groups attached to an aromatic ring is 1. The lowest BCUT2D eigenvalue weighted by Gasteiger charge is -2.36. The molecule has 1 unspecified atom stereocenters. The average Bonchev–Trinajstić information content (AvgIpc) is 3.23. The highest BCUT2D eigenvalue weighted by Crippen LogP contribution is 2.42. The molecule has 3 aromatic rings. The van der Waals surface area contributed by atoms with E-state index in [9.17, 15) is 0 Å². The summed E-state index contributed by atoms with van der Waals surface area (Å²) < 4.78 is 5.62. The molecule has 0 aliphatic carbocycles. The van der Waals surface area contributed by atoms with E-state index < -0.39 is 0 Å². The van der Waals surface area contributed by atoms with Gasteiger partial charge in [0.25, 0.3) is 0 Å². The Labute approximate surface area is 218 Å². The first-order chi connectivity index (χ1) is 17.4. The van der Waals surface area contributed by atoms with Crippen LogP contribution in [0.4, 0.5) is 17.5 Å². The van der Waals surface area contributed by atoms with Gasteiger partial charge in [-0.2, -0.15) is 4.98 Å². The van der Waals surface area contributed by atoms with Gasteiger partial charge in [0.15, 0.2) is 0 Å². The van der Waals surface area contributed by atoms with Crippen LogP contribution in [-0.4, -0.2) is 66.2 Å². The van der Waals surface area contributed by atoms with Crippen molar-refractivity contribution < 1.29 is 4.74 Å². The fraction of sp³-hybridized carbons (Fsp3) is 0.444. The first-order valence-electron chi connectivity index (χ1n) is 12.5. The maximum atomic E-state index is 6.63. The van der Waals surface area contributed by atoms with Gasteiger partial charge < -0.3 is 20.3 Å². The summed E-state index contributed by atoms with van der Waals surface area (Å²) in [5.41, 5.74) is 11.3. The highest BCUT2D eigenvalue weighted by atomic mass is 35.5. The Morgan fingerprint density at radius 3 is 2.56 bits per heavy atom. The van der Waals surface area contributed by atoms with Gasteiger partial charge in [0.2, 0.25) is 5.95 Å². The van der Waals surface area contributed by atoms with Crippen molar-refractivity contribution in [1.29, 1.82) is 0 Å². The van der Waals surface area contributed by atoms with E-state index in [-0.39, 0.29) is 11.9 Å². The smallest absolute Gasteiger partial charge is 0.223 e. The molecule has 2 N–H and O–H groups in total. The molecule has 2 aliphatic heterocycles. The minimum Gasteiger partial charge on any atom is -0.496 e. The van der Waals surface area contributed by atoms with E-state index in [4.69, 9.17) is 27.1 Å². The van der Waals surface area contributed by atoms with Crippen molar-refractivity contribution >= 4 is 29.1 Å². The second kappa shape index (κ2) is 10.5. The third kappa shape index (κ3) is 4.92. The molecule has 0 bridgehead atoms. The van der Waals surface area contributed by atoms with Crippen LogP contribution in [0.1, 0.15) is 34.7 Å². The SMILES string of the molecule is COc1c(C)cnc(CN2CC(CCN3CCN(c4ccccc4)CC3)c3c(Cl)nc(N)nc32)c1C. The van der Waals surface area contributed by atoms with Crippen LogP contribution in [0.5, 0.6) is 5.75 Å². The number of halogens is 1. The number of pyridine rings is 1. The largest absolute Gasteiger partial charge is 0.496 e. The van der Waals surface area contributed by atoms with Gasteiger partial charge in [0.1, 0.15) is 16.7 Å². The van der Waals surface area contributed by atoms with Gasteiger partial charge in [-0.05, 0) is 38.9 Å². The molecule has 36 heavy (non-hydrogen) atoms. The number of methoxy groups -OCH3 is 1. The Kier molecular flexibility index (Phi) is 7.16. The maximum absolute atomic E-state index is 6.63. The second-order valence-corrected chi connectivity index (χ2v) is 10.0. The van der Waals surface area contributed by atoms with Crippen LogP contribution in [-0.2, 0) is 6.54 Å². The highest BCUT2D eigenvalue weighted by Gasteiger charge is 2.34. The van der Waals surface area contributed by atoms with E-state index in [1.807, 2.05) is 13.1 Å². The highest BCUT2D eigenvalue weighted by molar-refractivity contribution is 6.30. The summed E-state index contributed by atoms with van der Waals surface area (Å²) in [7, 11) is 1.70. The van der Waals surface area contributed by atoms with E-state index in [1.165, 1.54) is 5.69 Å². The van der Waals surface area contributed by atoms with Gasteiger partial charge in [-0.1, -0.05) is 29.8 Å². The third-order valence-electron chi connectivity index (χ3n) is 7.42. The van der Waals surface area contributed by atoms with E-state index in [1.54, 1.807) is 7.11 Å². The van der Waals surface area contributed by atoms with Crippen molar-refractivity contribution in [3.05, 3.63) is 64.1 Å². The summed E-state index contributed by atoms with van der Waals surface area (Å²) in [6.07, 6.45) is 2.86. The number of rotatable bonds is 7. The molecule has 0 amide bonds. The molecule has 1 fully saturated rings. The Morgan fingerprint density at radius 1 is 1.08 bits per heavy atom. The molecule has 8 nitrogen and oxygen atoms in total. The molecular formula is C27H34ClN7O. The number of benzene rings is 1. The first-order valence-corrected chi connectivity index (χ1v) is 12.9. The number of nitrogens with zero attached hydrogens (tertiary/aromatic N) is 6. The molecule has 2 aliphatic rings. The Bertz CT molecular complexity index is 1210. The van der Waals surface area contributed by atoms with Crippen LogP contribution in [0, 0.1) is 13.8 Å². The summed E-state index contributed by atoms with van der Waals surface area (Å²) in [6.45, 7) is 10.7. The molecule has 2 aromatic heterocycles. The van der Waals surface area contributed by atoms with Crippen molar-refractivity contribution in [2.75, 3.05) is 61.9 Å². The predicted octanol–water partition coefficient (Wildman–Crippen LogP) is 4.05. The Hall–Kier alpha value is -3.10. The first kappa shape index (κ1) is 24.6. The molecular weight excluding hydrogens is 474 g/mol. The predicted molar refractivity (Wildman–Crippen MR) is 145 cm³/mol. The van der Waals surface area contributed by atoms with Gasteiger partial charge in [-0.3, -0.25) is 9.88 Å². The zero-order valence-corrected chi connectivity index (χ0v) is 22.0. The standard InChI is InChI=1S/C27H34ClN7O/c1-18-15-30-22(19(2)24(18)36-3)17-35-16-20(23-25(28)31-27(29)32-26(23)35)9-10-33-11-13-34(14-12-33)21-7-5-4-6-8-21/h4-8,15,20H,9-14,16-17H2,1-3H3,(H2,29,31,32). The van der Waals surface area contributed by atoms with Gasteiger partial charge in [0, 0.05) is 67.2 Å². The van der Waals surface area contributed by atoms with Gasteiger partial charge in [-0.25, -0.2) is 4.98 Å². The van der Waals surface area contributed by atoms with Crippen molar-refractivity contribution in [2.24, 2.45) is 0 Å². The topological polar surface area (TPSA) is 83.6 Å². The number of ether oxygens (including phenoxy) is 1. The molecule has 1 aromatic carbocycles. The zero-order chi connectivity index (χ0) is 25.2. The number of nitrogens with two attached hydrogens (primary N) is 1. The third-order valence-corrected chi connectivity index (χ3v) is 7.71. The monoisotopic (exact) mass is 507 g/mol. The van der Waals surface area contributed by atoms with Crippen molar-refractivity contribution in [3.63, 3.8) is 0 Å². The maximum Gasteiger partial charge on any atom is 0.223 e. The number of anilines is 3. The normalized spacial score (nSPS) is 17.9. The van der Waals surface area contributed by atoms with Crippen molar-refractivity contribution in [2.45, 2.75) is 32.7 Å². The lowest BCUT2D eigenvalue weighted by atomic mass is 10.00. The number of fused-ring (bicyclic) bond motifs is 1. The molecule has 0 saturated carbocycles. The molecule has 1 saturated heterocycles. The second-order valence-electron chi connectivity index (χ2n) is 9.69. The molecule has 190 valence electrons. The number of para-hydroxylation sites is 1. The number of hydrogen-bond donors (Lipinski definition) is 1.